The molecule has 41 heteroatoms. The number of aromatic amines is 1. The Labute approximate surface area is 748 Å². The van der Waals surface area contributed by atoms with Gasteiger partial charge in [-0.15, -0.1) is 0 Å². The number of nitrogens with one attached hydrogen (secondary N) is 5. The maximum absolute atomic E-state index is 12.6. The lowest BCUT2D eigenvalue weighted by Gasteiger charge is -2.32. The number of hydrogen-bond acceptors (Lipinski definition) is 36. The number of piperidine rings is 4. The van der Waals surface area contributed by atoms with Gasteiger partial charge < -0.3 is 79.3 Å². The topological polar surface area (TPSA) is 485 Å². The summed E-state index contributed by atoms with van der Waals surface area (Å²) in [5.41, 5.74) is 5.98. The molecule has 674 valence electrons. The van der Waals surface area contributed by atoms with Gasteiger partial charge in [-0.05, 0) is 133 Å². The van der Waals surface area contributed by atoms with Crippen LogP contribution in [0.2, 0.25) is 0 Å². The molecule has 0 bridgehead atoms. The third-order valence-corrected chi connectivity index (χ3v) is 32.5. The molecular formula is C87H105N25O12S4. The zero-order valence-electron chi connectivity index (χ0n) is 71.5. The fourth-order valence-corrected chi connectivity index (χ4v) is 23.0. The van der Waals surface area contributed by atoms with Crippen molar-refractivity contribution >= 4 is 90.3 Å². The summed E-state index contributed by atoms with van der Waals surface area (Å²) in [5.74, 6) is 13.7. The number of furan rings is 1. The molecule has 10 aromatic heterocycles. The summed E-state index contributed by atoms with van der Waals surface area (Å²) in [4.78, 5) is 67.6. The molecule has 23 rings (SSSR count). The van der Waals surface area contributed by atoms with Gasteiger partial charge in [0.15, 0.2) is 11.6 Å². The number of H-pyrrole nitrogens is 1. The fraction of sp³-hybridized carbons (Fsp3) is 0.540. The van der Waals surface area contributed by atoms with E-state index in [9.17, 15) is 37.3 Å². The van der Waals surface area contributed by atoms with Gasteiger partial charge in [-0.2, -0.15) is 40.0 Å². The van der Waals surface area contributed by atoms with Gasteiger partial charge in [-0.3, -0.25) is 26.9 Å². The van der Waals surface area contributed by atoms with Crippen molar-refractivity contribution in [2.24, 2.45) is 0 Å². The SMILES string of the molecule is CC(C)c1noc(C2CCN(c3nc4c(c(NC5(CO)CC5)n3)S(=O)CC4)CC2)n1.O=S1CCc2nc(N3CCC(c4cc(-c5ccco5)n[nH]4)CC3)nc(NC3(CO)CC3)c21.O=S1CCc2nc(N3CCC(c4nc(-c5ccccc5)no4)CC3)nc(NC3(CO)CC3)c21.O=S1CCc2nc(N3CCC(c4nc(-c5ccncc5)no4)CC3)nc(NC3(CO)CC3)c21. The first kappa shape index (κ1) is 85.5. The number of aliphatic hydroxyl groups is 4. The van der Waals surface area contributed by atoms with Crippen molar-refractivity contribution in [1.29, 1.82) is 0 Å². The van der Waals surface area contributed by atoms with Crippen LogP contribution in [0.15, 0.2) is 117 Å². The molecule has 1 aromatic carbocycles. The first-order chi connectivity index (χ1) is 62.4. The van der Waals surface area contributed by atoms with E-state index in [-0.39, 0.29) is 72.3 Å². The Morgan fingerprint density at radius 1 is 0.422 bits per heavy atom. The Bertz CT molecular complexity index is 5730. The molecular weight excluding hydrogens is 1720 g/mol. The second-order valence-corrected chi connectivity index (χ2v) is 42.0. The van der Waals surface area contributed by atoms with Crippen molar-refractivity contribution in [3.05, 3.63) is 131 Å². The average Bonchev–Trinajstić information content (AvgIpc) is 1.62. The third kappa shape index (κ3) is 18.2. The van der Waals surface area contributed by atoms with Gasteiger partial charge in [0.05, 0.1) is 121 Å². The number of rotatable bonds is 24. The highest BCUT2D eigenvalue weighted by molar-refractivity contribution is 7.86. The molecule has 128 heavy (non-hydrogen) atoms. The largest absolute Gasteiger partial charge is 0.463 e. The molecule has 18 heterocycles. The lowest BCUT2D eigenvalue weighted by atomic mass is 9.93. The normalized spacial score (nSPS) is 22.1. The van der Waals surface area contributed by atoms with E-state index in [0.717, 1.165) is 228 Å². The standard InChI is InChI=1S/C23H26N6O3S.C22H25N7O3S.C22H26N6O3S.C20H28N6O3S/c30-14-23(9-10-23)27-20-18-17(8-13-33(18)31)24-22(26-20)29-11-6-16(7-12-29)21-25-19(28-32-21)15-4-2-1-3-5-15;30-13-22(6-7-22)27-19-17-16(5-12-33(17)31)24-21(26-19)29-10-3-15(4-11-29)20-25-18(28-32-20)14-1-8-23-9-2-14;29-13-22(6-7-22)25-20-19-15(5-11-32(19)30)23-21(24-20)28-8-3-14(4-9-28)16-12-17(27-26-16)18-2-1-10-31-18;1-12(2)16-22-18(29-25-16)13-3-8-26(9-4-13)19-21-14-5-10-30(28)15(14)17(23-19)24-20(11-27)6-7-20/h1-5,16,30H,6-14H2,(H,24,26,27);1-2,8-9,15,30H,3-7,10-13H2,(H,24,26,27);1-2,10,12,14,29H,3-9,11,13H2,(H,26,27)(H,23,24,25);12-13,27H,3-11H2,1-2H3,(H,21,23,24). The molecule has 8 fully saturated rings. The molecule has 4 atom stereocenters. The molecule has 4 unspecified atom stereocenters. The number of nitrogens with zero attached hydrogens (tertiary/aromatic N) is 20. The van der Waals surface area contributed by atoms with E-state index >= 15 is 0 Å². The molecule has 4 saturated heterocycles. The van der Waals surface area contributed by atoms with Gasteiger partial charge in [0.25, 0.3) is 0 Å². The Kier molecular flexibility index (Phi) is 24.1. The van der Waals surface area contributed by atoms with Crippen molar-refractivity contribution in [2.75, 3.05) is 143 Å². The summed E-state index contributed by atoms with van der Waals surface area (Å²) in [7, 11) is -4.34. The van der Waals surface area contributed by atoms with Gasteiger partial charge in [-0.1, -0.05) is 59.6 Å². The Morgan fingerprint density at radius 3 is 1.09 bits per heavy atom. The molecule has 11 aromatic rings. The van der Waals surface area contributed by atoms with Gasteiger partial charge in [0, 0.05) is 160 Å². The van der Waals surface area contributed by atoms with Gasteiger partial charge in [-0.25, -0.2) is 19.9 Å². The third-order valence-electron chi connectivity index (χ3n) is 26.7. The monoisotopic (exact) mass is 1820 g/mol. The highest BCUT2D eigenvalue weighted by Gasteiger charge is 2.49. The quantitative estimate of drug-likeness (QED) is 0.0273. The van der Waals surface area contributed by atoms with Crippen LogP contribution in [0.25, 0.3) is 34.2 Å². The van der Waals surface area contributed by atoms with Crippen LogP contribution < -0.4 is 40.9 Å². The second kappa shape index (κ2) is 36.1. The number of aromatic nitrogens is 17. The van der Waals surface area contributed by atoms with Crippen LogP contribution in [0.5, 0.6) is 0 Å². The molecule has 4 saturated carbocycles. The number of pyridine rings is 1. The zero-order chi connectivity index (χ0) is 87.4. The van der Waals surface area contributed by atoms with Crippen LogP contribution in [0.4, 0.5) is 47.1 Å². The fourth-order valence-electron chi connectivity index (χ4n) is 17.8. The average molecular weight is 1820 g/mol. The van der Waals surface area contributed by atoms with Gasteiger partial charge in [0.1, 0.15) is 48.5 Å². The number of fused-ring (bicyclic) bond motifs is 4. The van der Waals surface area contributed by atoms with Crippen LogP contribution in [0.3, 0.4) is 0 Å². The Hall–Kier alpha value is -10.6. The lowest BCUT2D eigenvalue weighted by molar-refractivity contribution is 0.265. The van der Waals surface area contributed by atoms with Crippen LogP contribution >= 0.6 is 0 Å². The Balaban J connectivity index is 0.000000107. The number of aryl methyl sites for hydroxylation is 4. The summed E-state index contributed by atoms with van der Waals surface area (Å²) in [6.07, 6.45) is 22.2. The van der Waals surface area contributed by atoms with Crippen LogP contribution in [0.1, 0.15) is 198 Å². The molecule has 0 spiro atoms. The molecule has 4 aliphatic carbocycles. The number of benzene rings is 1. The van der Waals surface area contributed by atoms with Gasteiger partial charge >= 0.3 is 0 Å². The van der Waals surface area contributed by atoms with E-state index in [1.165, 1.54) is 0 Å². The minimum absolute atomic E-state index is 0.0464. The van der Waals surface area contributed by atoms with Crippen molar-refractivity contribution < 1.29 is 55.2 Å². The van der Waals surface area contributed by atoms with E-state index < -0.39 is 43.2 Å². The highest BCUT2D eigenvalue weighted by atomic mass is 32.2. The summed E-state index contributed by atoms with van der Waals surface area (Å²) < 4.78 is 72.3. The lowest BCUT2D eigenvalue weighted by Crippen LogP contribution is -2.35. The number of anilines is 8. The predicted molar refractivity (Wildman–Crippen MR) is 477 cm³/mol. The molecule has 0 amide bonds. The minimum atomic E-state index is -1.09. The van der Waals surface area contributed by atoms with Crippen LogP contribution in [-0.4, -0.2) is 247 Å². The summed E-state index contributed by atoms with van der Waals surface area (Å²) >= 11 is 0. The van der Waals surface area contributed by atoms with Crippen LogP contribution in [0, 0.1) is 0 Å². The molecule has 0 radical (unpaired) electrons. The second-order valence-electron chi connectivity index (χ2n) is 35.9. The van der Waals surface area contributed by atoms with E-state index in [4.69, 9.17) is 57.9 Å². The zero-order valence-corrected chi connectivity index (χ0v) is 74.7. The maximum atomic E-state index is 12.6. The first-order valence-electron chi connectivity index (χ1n) is 44.7. The smallest absolute Gasteiger partial charge is 0.230 e. The highest BCUT2D eigenvalue weighted by Crippen LogP contribution is 2.47. The maximum Gasteiger partial charge on any atom is 0.230 e. The number of aliphatic hydroxyl groups excluding tert-OH is 4. The number of hydrogen-bond donors (Lipinski definition) is 9. The molecule has 8 aliphatic heterocycles. The summed E-state index contributed by atoms with van der Waals surface area (Å²) in [6.45, 7) is 10.7. The van der Waals surface area contributed by atoms with Crippen molar-refractivity contribution in [1.82, 2.24) is 85.5 Å². The van der Waals surface area contributed by atoms with E-state index in [0.29, 0.717) is 135 Å². The first-order valence-corrected chi connectivity index (χ1v) is 50.0. The Morgan fingerprint density at radius 2 is 0.766 bits per heavy atom. The molecule has 12 aliphatic rings. The van der Waals surface area contributed by atoms with Crippen molar-refractivity contribution in [3.8, 4) is 34.2 Å². The minimum Gasteiger partial charge on any atom is -0.463 e. The van der Waals surface area contributed by atoms with Crippen molar-refractivity contribution in [3.63, 3.8) is 0 Å². The van der Waals surface area contributed by atoms with E-state index in [1.807, 2.05) is 54.6 Å². The van der Waals surface area contributed by atoms with E-state index in [1.54, 1.807) is 18.7 Å². The molecule has 37 nitrogen and oxygen atoms in total. The van der Waals surface area contributed by atoms with Gasteiger partial charge in [0.2, 0.25) is 53.1 Å². The predicted octanol–water partition coefficient (Wildman–Crippen LogP) is 8.83. The molecule has 9 N–H and O–H groups in total. The summed E-state index contributed by atoms with van der Waals surface area (Å²) in [6, 6.07) is 19.4. The van der Waals surface area contributed by atoms with Crippen molar-refractivity contribution in [2.45, 2.75) is 214 Å². The van der Waals surface area contributed by atoms with E-state index in [2.05, 4.69) is 106 Å². The summed E-state index contributed by atoms with van der Waals surface area (Å²) in [5, 5.41) is 72.5. The van der Waals surface area contributed by atoms with Crippen LogP contribution in [-0.2, 0) is 68.9 Å².